The summed E-state index contributed by atoms with van der Waals surface area (Å²) in [5.74, 6) is -1.36. The molecule has 0 spiro atoms. The first-order chi connectivity index (χ1) is 8.04. The number of carboxylic acids is 1. The Kier molecular flexibility index (Phi) is 5.41. The van der Waals surface area contributed by atoms with Crippen LogP contribution >= 0.6 is 0 Å². The minimum atomic E-state index is -0.959. The van der Waals surface area contributed by atoms with Gasteiger partial charge >= 0.3 is 5.97 Å². The molecule has 0 bridgehead atoms. The summed E-state index contributed by atoms with van der Waals surface area (Å²) >= 11 is 0. The van der Waals surface area contributed by atoms with Crippen molar-refractivity contribution in [2.45, 2.75) is 51.7 Å². The summed E-state index contributed by atoms with van der Waals surface area (Å²) < 4.78 is 5.30. The molecule has 1 aliphatic rings. The first-order valence-corrected chi connectivity index (χ1v) is 6.19. The van der Waals surface area contributed by atoms with Crippen LogP contribution in [0.25, 0.3) is 0 Å². The molecule has 0 radical (unpaired) electrons. The average Bonchev–Trinajstić information content (AvgIpc) is 2.70. The number of carbonyl (C=O) groups is 2. The van der Waals surface area contributed by atoms with Crippen LogP contribution in [0.15, 0.2) is 0 Å². The second-order valence-corrected chi connectivity index (χ2v) is 4.62. The number of carboxylic acid groups (broad SMARTS) is 1. The van der Waals surface area contributed by atoms with Crippen molar-refractivity contribution in [1.29, 1.82) is 0 Å². The minimum Gasteiger partial charge on any atom is -0.480 e. The standard InChI is InChI=1S/C12H21NO4/c1-3-4-5-10(12(15)16)13-11(14)9-6-8(2)17-7-9/h8-10H,3-7H2,1-2H3,(H,13,14)(H,15,16). The molecule has 5 nitrogen and oxygen atoms in total. The number of nitrogens with one attached hydrogen (secondary N) is 1. The van der Waals surface area contributed by atoms with Crippen LogP contribution in [0.1, 0.15) is 39.5 Å². The summed E-state index contributed by atoms with van der Waals surface area (Å²) in [4.78, 5) is 22.8. The fraction of sp³-hybridized carbons (Fsp3) is 0.833. The van der Waals surface area contributed by atoms with E-state index in [1.165, 1.54) is 0 Å². The van der Waals surface area contributed by atoms with Crippen molar-refractivity contribution >= 4 is 11.9 Å². The van der Waals surface area contributed by atoms with E-state index in [0.717, 1.165) is 12.8 Å². The molecule has 0 aromatic carbocycles. The van der Waals surface area contributed by atoms with Gasteiger partial charge in [-0.1, -0.05) is 19.8 Å². The van der Waals surface area contributed by atoms with Crippen molar-refractivity contribution in [3.8, 4) is 0 Å². The molecular formula is C12H21NO4. The SMILES string of the molecule is CCCCC(NC(=O)C1COC(C)C1)C(=O)O. The van der Waals surface area contributed by atoms with Crippen LogP contribution in [0.2, 0.25) is 0 Å². The lowest BCUT2D eigenvalue weighted by Crippen LogP contribution is -2.43. The van der Waals surface area contributed by atoms with Gasteiger partial charge in [-0.25, -0.2) is 4.79 Å². The molecule has 98 valence electrons. The van der Waals surface area contributed by atoms with E-state index >= 15 is 0 Å². The summed E-state index contributed by atoms with van der Waals surface area (Å²) in [6, 6.07) is -0.765. The van der Waals surface area contributed by atoms with Crippen LogP contribution in [0, 0.1) is 5.92 Å². The highest BCUT2D eigenvalue weighted by Crippen LogP contribution is 2.19. The number of aliphatic carboxylic acids is 1. The van der Waals surface area contributed by atoms with Crippen molar-refractivity contribution in [2.75, 3.05) is 6.61 Å². The van der Waals surface area contributed by atoms with Gasteiger partial charge in [0.05, 0.1) is 18.6 Å². The van der Waals surface area contributed by atoms with Gasteiger partial charge in [0, 0.05) is 0 Å². The predicted octanol–water partition coefficient (Wildman–Crippen LogP) is 1.17. The van der Waals surface area contributed by atoms with Crippen LogP contribution in [0.3, 0.4) is 0 Å². The zero-order valence-corrected chi connectivity index (χ0v) is 10.4. The molecule has 1 fully saturated rings. The summed E-state index contributed by atoms with van der Waals surface area (Å²) in [6.45, 7) is 4.30. The van der Waals surface area contributed by atoms with Gasteiger partial charge in [0.2, 0.25) is 5.91 Å². The Morgan fingerprint density at radius 2 is 2.24 bits per heavy atom. The third kappa shape index (κ3) is 4.34. The Morgan fingerprint density at radius 3 is 2.71 bits per heavy atom. The average molecular weight is 243 g/mol. The van der Waals surface area contributed by atoms with Gasteiger partial charge in [-0.3, -0.25) is 4.79 Å². The topological polar surface area (TPSA) is 75.6 Å². The van der Waals surface area contributed by atoms with E-state index in [1.54, 1.807) is 0 Å². The van der Waals surface area contributed by atoms with Gasteiger partial charge in [0.15, 0.2) is 0 Å². The Morgan fingerprint density at radius 1 is 1.53 bits per heavy atom. The normalized spacial score (nSPS) is 25.5. The first kappa shape index (κ1) is 14.0. The van der Waals surface area contributed by atoms with E-state index in [0.29, 0.717) is 19.4 Å². The number of rotatable bonds is 6. The second kappa shape index (κ2) is 6.59. The first-order valence-electron chi connectivity index (χ1n) is 6.19. The van der Waals surface area contributed by atoms with Crippen LogP contribution in [0.5, 0.6) is 0 Å². The molecule has 0 aromatic rings. The van der Waals surface area contributed by atoms with E-state index in [-0.39, 0.29) is 17.9 Å². The molecule has 1 amide bonds. The number of hydrogen-bond donors (Lipinski definition) is 2. The molecule has 3 atom stereocenters. The largest absolute Gasteiger partial charge is 0.480 e. The Hall–Kier alpha value is -1.10. The highest BCUT2D eigenvalue weighted by atomic mass is 16.5. The third-order valence-corrected chi connectivity index (χ3v) is 3.03. The second-order valence-electron chi connectivity index (χ2n) is 4.62. The maximum atomic E-state index is 11.8. The molecule has 0 saturated carbocycles. The zero-order chi connectivity index (χ0) is 12.8. The molecule has 1 rings (SSSR count). The van der Waals surface area contributed by atoms with Crippen molar-refractivity contribution in [3.63, 3.8) is 0 Å². The highest BCUT2D eigenvalue weighted by Gasteiger charge is 2.30. The summed E-state index contributed by atoms with van der Waals surface area (Å²) in [5, 5.41) is 11.6. The number of unbranched alkanes of at least 4 members (excludes halogenated alkanes) is 1. The number of carbonyl (C=O) groups excluding carboxylic acids is 1. The number of amides is 1. The van der Waals surface area contributed by atoms with E-state index in [2.05, 4.69) is 5.32 Å². The zero-order valence-electron chi connectivity index (χ0n) is 10.4. The van der Waals surface area contributed by atoms with Gasteiger partial charge in [-0.15, -0.1) is 0 Å². The smallest absolute Gasteiger partial charge is 0.326 e. The highest BCUT2D eigenvalue weighted by molar-refractivity contribution is 5.85. The molecule has 1 saturated heterocycles. The predicted molar refractivity (Wildman–Crippen MR) is 62.6 cm³/mol. The molecule has 3 unspecified atom stereocenters. The molecule has 1 heterocycles. The minimum absolute atomic E-state index is 0.0877. The molecule has 2 N–H and O–H groups in total. The van der Waals surface area contributed by atoms with E-state index in [1.807, 2.05) is 13.8 Å². The molecular weight excluding hydrogens is 222 g/mol. The summed E-state index contributed by atoms with van der Waals surface area (Å²) in [5.41, 5.74) is 0. The van der Waals surface area contributed by atoms with E-state index in [9.17, 15) is 9.59 Å². The van der Waals surface area contributed by atoms with Gasteiger partial charge in [-0.05, 0) is 19.8 Å². The third-order valence-electron chi connectivity index (χ3n) is 3.03. The molecule has 1 aliphatic heterocycles. The van der Waals surface area contributed by atoms with E-state index in [4.69, 9.17) is 9.84 Å². The number of ether oxygens (including phenoxy) is 1. The van der Waals surface area contributed by atoms with Crippen molar-refractivity contribution in [3.05, 3.63) is 0 Å². The van der Waals surface area contributed by atoms with Crippen molar-refractivity contribution < 1.29 is 19.4 Å². The molecule has 0 aromatic heterocycles. The van der Waals surface area contributed by atoms with Crippen LogP contribution in [0.4, 0.5) is 0 Å². The number of hydrogen-bond acceptors (Lipinski definition) is 3. The Balaban J connectivity index is 2.43. The van der Waals surface area contributed by atoms with E-state index < -0.39 is 12.0 Å². The van der Waals surface area contributed by atoms with Crippen LogP contribution < -0.4 is 5.32 Å². The fourth-order valence-corrected chi connectivity index (χ4v) is 1.96. The monoisotopic (exact) mass is 243 g/mol. The summed E-state index contributed by atoms with van der Waals surface area (Å²) in [6.07, 6.45) is 2.97. The Labute approximate surface area is 102 Å². The molecule has 0 aliphatic carbocycles. The lowest BCUT2D eigenvalue weighted by Gasteiger charge is -2.16. The quantitative estimate of drug-likeness (QED) is 0.734. The lowest BCUT2D eigenvalue weighted by molar-refractivity contribution is -0.142. The summed E-state index contributed by atoms with van der Waals surface area (Å²) in [7, 11) is 0. The maximum Gasteiger partial charge on any atom is 0.326 e. The fourth-order valence-electron chi connectivity index (χ4n) is 1.96. The van der Waals surface area contributed by atoms with Gasteiger partial charge in [0.25, 0.3) is 0 Å². The van der Waals surface area contributed by atoms with Gasteiger partial charge < -0.3 is 15.2 Å². The van der Waals surface area contributed by atoms with Crippen molar-refractivity contribution in [2.24, 2.45) is 5.92 Å². The lowest BCUT2D eigenvalue weighted by atomic mass is 10.0. The van der Waals surface area contributed by atoms with Crippen molar-refractivity contribution in [1.82, 2.24) is 5.32 Å². The molecule has 17 heavy (non-hydrogen) atoms. The maximum absolute atomic E-state index is 11.8. The van der Waals surface area contributed by atoms with Crippen LogP contribution in [-0.4, -0.2) is 35.7 Å². The van der Waals surface area contributed by atoms with Crippen LogP contribution in [-0.2, 0) is 14.3 Å². The van der Waals surface area contributed by atoms with Gasteiger partial charge in [0.1, 0.15) is 6.04 Å². The Bertz CT molecular complexity index is 280. The van der Waals surface area contributed by atoms with Gasteiger partial charge in [-0.2, -0.15) is 0 Å². The molecule has 5 heteroatoms.